The first kappa shape index (κ1) is 14.3. The fourth-order valence-electron chi connectivity index (χ4n) is 3.78. The van der Waals surface area contributed by atoms with Crippen LogP contribution in [0.4, 0.5) is 0 Å². The van der Waals surface area contributed by atoms with E-state index in [-0.39, 0.29) is 0 Å². The standard InChI is InChI=1S/C15H30N2O/c1-12-6-7-15(16-2)13(9-12)10-17-8-4-5-14(11-17)18-3/h12-16H,4-11H2,1-3H3. The number of ether oxygens (including phenoxy) is 1. The van der Waals surface area contributed by atoms with Gasteiger partial charge in [0.05, 0.1) is 6.10 Å². The highest BCUT2D eigenvalue weighted by Gasteiger charge is 2.30. The molecular formula is C15H30N2O. The maximum Gasteiger partial charge on any atom is 0.0698 e. The molecular weight excluding hydrogens is 224 g/mol. The summed E-state index contributed by atoms with van der Waals surface area (Å²) >= 11 is 0. The van der Waals surface area contributed by atoms with Gasteiger partial charge in [0.1, 0.15) is 0 Å². The van der Waals surface area contributed by atoms with E-state index in [1.807, 2.05) is 7.11 Å². The zero-order valence-electron chi connectivity index (χ0n) is 12.3. The highest BCUT2D eigenvalue weighted by atomic mass is 16.5. The van der Waals surface area contributed by atoms with Crippen LogP contribution in [-0.2, 0) is 4.74 Å². The predicted molar refractivity (Wildman–Crippen MR) is 75.8 cm³/mol. The summed E-state index contributed by atoms with van der Waals surface area (Å²) in [5.41, 5.74) is 0. The lowest BCUT2D eigenvalue weighted by Crippen LogP contribution is -2.47. The molecule has 0 aromatic rings. The Morgan fingerprint density at radius 2 is 2.11 bits per heavy atom. The summed E-state index contributed by atoms with van der Waals surface area (Å²) in [4.78, 5) is 2.63. The quantitative estimate of drug-likeness (QED) is 0.832. The largest absolute Gasteiger partial charge is 0.380 e. The normalized spacial score (nSPS) is 38.8. The summed E-state index contributed by atoms with van der Waals surface area (Å²) in [5.74, 6) is 1.73. The molecule has 1 saturated heterocycles. The minimum Gasteiger partial charge on any atom is -0.380 e. The fourth-order valence-corrected chi connectivity index (χ4v) is 3.78. The summed E-state index contributed by atoms with van der Waals surface area (Å²) in [6.07, 6.45) is 7.13. The summed E-state index contributed by atoms with van der Waals surface area (Å²) in [7, 11) is 3.98. The van der Waals surface area contributed by atoms with Crippen LogP contribution in [0.15, 0.2) is 0 Å². The van der Waals surface area contributed by atoms with Gasteiger partial charge in [0.2, 0.25) is 0 Å². The smallest absolute Gasteiger partial charge is 0.0698 e. The van der Waals surface area contributed by atoms with Gasteiger partial charge >= 0.3 is 0 Å². The SMILES string of the molecule is CNC1CCC(C)CC1CN1CCCC(OC)C1. The van der Waals surface area contributed by atoms with Crippen LogP contribution < -0.4 is 5.32 Å². The van der Waals surface area contributed by atoms with Crippen molar-refractivity contribution in [3.63, 3.8) is 0 Å². The van der Waals surface area contributed by atoms with Crippen LogP contribution in [0, 0.1) is 11.8 Å². The average molecular weight is 254 g/mol. The molecule has 4 unspecified atom stereocenters. The predicted octanol–water partition coefficient (Wildman–Crippen LogP) is 2.12. The van der Waals surface area contributed by atoms with Crippen molar-refractivity contribution in [3.05, 3.63) is 0 Å². The molecule has 2 aliphatic rings. The molecule has 106 valence electrons. The van der Waals surface area contributed by atoms with Gasteiger partial charge in [-0.05, 0) is 57.5 Å². The van der Waals surface area contributed by atoms with Crippen molar-refractivity contribution in [3.8, 4) is 0 Å². The maximum atomic E-state index is 5.53. The molecule has 0 radical (unpaired) electrons. The number of methoxy groups -OCH3 is 1. The molecule has 3 nitrogen and oxygen atoms in total. The molecule has 0 aromatic heterocycles. The molecule has 1 N–H and O–H groups in total. The first-order valence-electron chi connectivity index (χ1n) is 7.65. The van der Waals surface area contributed by atoms with Crippen molar-refractivity contribution < 1.29 is 4.74 Å². The molecule has 1 aliphatic heterocycles. The molecule has 0 spiro atoms. The molecule has 2 fully saturated rings. The van der Waals surface area contributed by atoms with E-state index in [9.17, 15) is 0 Å². The van der Waals surface area contributed by atoms with E-state index in [1.165, 1.54) is 45.2 Å². The highest BCUT2D eigenvalue weighted by Crippen LogP contribution is 2.30. The van der Waals surface area contributed by atoms with Crippen molar-refractivity contribution >= 4 is 0 Å². The van der Waals surface area contributed by atoms with Gasteiger partial charge in [-0.1, -0.05) is 6.92 Å². The van der Waals surface area contributed by atoms with E-state index in [4.69, 9.17) is 4.74 Å². The van der Waals surface area contributed by atoms with Gasteiger partial charge < -0.3 is 15.0 Å². The fraction of sp³-hybridized carbons (Fsp3) is 1.00. The van der Waals surface area contributed by atoms with Crippen molar-refractivity contribution in [2.45, 2.75) is 51.2 Å². The minimum atomic E-state index is 0.466. The maximum absolute atomic E-state index is 5.53. The van der Waals surface area contributed by atoms with E-state index in [0.29, 0.717) is 6.10 Å². The first-order valence-corrected chi connectivity index (χ1v) is 7.65. The van der Waals surface area contributed by atoms with Crippen molar-refractivity contribution in [1.82, 2.24) is 10.2 Å². The second-order valence-electron chi connectivity index (χ2n) is 6.33. The van der Waals surface area contributed by atoms with Gasteiger partial charge in [-0.3, -0.25) is 0 Å². The number of rotatable bonds is 4. The monoisotopic (exact) mass is 254 g/mol. The van der Waals surface area contributed by atoms with Crippen LogP contribution in [0.5, 0.6) is 0 Å². The van der Waals surface area contributed by atoms with E-state index < -0.39 is 0 Å². The topological polar surface area (TPSA) is 24.5 Å². The number of nitrogens with one attached hydrogen (secondary N) is 1. The summed E-state index contributed by atoms with van der Waals surface area (Å²) in [6.45, 7) is 6.07. The molecule has 0 aromatic carbocycles. The summed E-state index contributed by atoms with van der Waals surface area (Å²) in [5, 5.41) is 3.53. The van der Waals surface area contributed by atoms with Crippen molar-refractivity contribution in [2.24, 2.45) is 11.8 Å². The summed E-state index contributed by atoms with van der Waals surface area (Å²) < 4.78 is 5.53. The van der Waals surface area contributed by atoms with E-state index in [1.54, 1.807) is 0 Å². The Morgan fingerprint density at radius 1 is 1.28 bits per heavy atom. The Bertz CT molecular complexity index is 247. The average Bonchev–Trinajstić information content (AvgIpc) is 2.39. The molecule has 1 aliphatic carbocycles. The third kappa shape index (κ3) is 3.69. The van der Waals surface area contributed by atoms with E-state index in [0.717, 1.165) is 24.4 Å². The van der Waals surface area contributed by atoms with Crippen molar-refractivity contribution in [2.75, 3.05) is 33.8 Å². The number of nitrogens with zero attached hydrogens (tertiary/aromatic N) is 1. The van der Waals surface area contributed by atoms with Crippen LogP contribution in [-0.4, -0.2) is 50.8 Å². The van der Waals surface area contributed by atoms with Gasteiger partial charge in [-0.25, -0.2) is 0 Å². The van der Waals surface area contributed by atoms with Crippen LogP contribution in [0.2, 0.25) is 0 Å². The van der Waals surface area contributed by atoms with Gasteiger partial charge in [0.15, 0.2) is 0 Å². The third-order valence-electron chi connectivity index (χ3n) is 4.90. The lowest BCUT2D eigenvalue weighted by Gasteiger charge is -2.40. The molecule has 3 heteroatoms. The van der Waals surface area contributed by atoms with Crippen LogP contribution >= 0.6 is 0 Å². The third-order valence-corrected chi connectivity index (χ3v) is 4.90. The minimum absolute atomic E-state index is 0.466. The molecule has 4 atom stereocenters. The van der Waals surface area contributed by atoms with Gasteiger partial charge in [0.25, 0.3) is 0 Å². The Labute approximate surface area is 112 Å². The number of hydrogen-bond donors (Lipinski definition) is 1. The zero-order chi connectivity index (χ0) is 13.0. The van der Waals surface area contributed by atoms with Crippen LogP contribution in [0.3, 0.4) is 0 Å². The van der Waals surface area contributed by atoms with E-state index >= 15 is 0 Å². The number of hydrogen-bond acceptors (Lipinski definition) is 3. The number of piperidine rings is 1. The Hall–Kier alpha value is -0.120. The molecule has 1 heterocycles. The number of likely N-dealkylation sites (tertiary alicyclic amines) is 1. The summed E-state index contributed by atoms with van der Waals surface area (Å²) in [6, 6.07) is 0.726. The molecule has 1 saturated carbocycles. The lowest BCUT2D eigenvalue weighted by atomic mass is 9.78. The Kier molecular flexibility index (Phi) is 5.46. The van der Waals surface area contributed by atoms with Crippen LogP contribution in [0.1, 0.15) is 39.0 Å². The van der Waals surface area contributed by atoms with Gasteiger partial charge in [-0.2, -0.15) is 0 Å². The highest BCUT2D eigenvalue weighted by molar-refractivity contribution is 4.86. The van der Waals surface area contributed by atoms with Gasteiger partial charge in [0, 0.05) is 26.2 Å². The first-order chi connectivity index (χ1) is 8.72. The molecule has 0 amide bonds. The Balaban J connectivity index is 1.85. The molecule has 0 bridgehead atoms. The lowest BCUT2D eigenvalue weighted by molar-refractivity contribution is 0.0193. The van der Waals surface area contributed by atoms with Crippen molar-refractivity contribution in [1.29, 1.82) is 0 Å². The second kappa shape index (κ2) is 6.88. The molecule has 18 heavy (non-hydrogen) atoms. The Morgan fingerprint density at radius 3 is 2.83 bits per heavy atom. The zero-order valence-corrected chi connectivity index (χ0v) is 12.3. The van der Waals surface area contributed by atoms with Gasteiger partial charge in [-0.15, -0.1) is 0 Å². The second-order valence-corrected chi connectivity index (χ2v) is 6.33. The van der Waals surface area contributed by atoms with Crippen LogP contribution in [0.25, 0.3) is 0 Å². The van der Waals surface area contributed by atoms with E-state index in [2.05, 4.69) is 24.2 Å². The molecule has 2 rings (SSSR count).